The van der Waals surface area contributed by atoms with E-state index < -0.39 is 0 Å². The van der Waals surface area contributed by atoms with Gasteiger partial charge in [0, 0.05) is 28.4 Å². The molecule has 29 heavy (non-hydrogen) atoms. The van der Waals surface area contributed by atoms with E-state index >= 15 is 0 Å². The lowest BCUT2D eigenvalue weighted by atomic mass is 9.79. The van der Waals surface area contributed by atoms with Crippen LogP contribution in [0.2, 0.25) is 0 Å². The fourth-order valence-corrected chi connectivity index (χ4v) is 4.41. The van der Waals surface area contributed by atoms with E-state index in [1.54, 1.807) is 18.5 Å². The molecule has 0 radical (unpaired) electrons. The second-order valence-corrected chi connectivity index (χ2v) is 9.11. The summed E-state index contributed by atoms with van der Waals surface area (Å²) >= 11 is 0. The minimum absolute atomic E-state index is 0.0590. The minimum Gasteiger partial charge on any atom is -0.507 e. The minimum atomic E-state index is 0.0590. The van der Waals surface area contributed by atoms with Crippen LogP contribution >= 0.6 is 0 Å². The van der Waals surface area contributed by atoms with Gasteiger partial charge in [0.2, 0.25) is 0 Å². The topological polar surface area (TPSA) is 86.7 Å². The van der Waals surface area contributed by atoms with Gasteiger partial charge >= 0.3 is 0 Å². The van der Waals surface area contributed by atoms with Gasteiger partial charge in [0.25, 0.3) is 0 Å². The highest BCUT2D eigenvalue weighted by Crippen LogP contribution is 2.34. The number of nitrogens with one attached hydrogen (secondary N) is 2. The SMILES string of the molecule is CC1(C)CC(=Cc2ccc(-c3ccc(-c4cn[nH]c4)cc3O)nn2)CC(C)(C)N1. The van der Waals surface area contributed by atoms with Gasteiger partial charge in [-0.3, -0.25) is 5.10 Å². The molecule has 3 aromatic rings. The molecule has 0 unspecified atom stereocenters. The highest BCUT2D eigenvalue weighted by molar-refractivity contribution is 5.73. The van der Waals surface area contributed by atoms with Gasteiger partial charge in [0.1, 0.15) is 5.75 Å². The first-order valence-electron chi connectivity index (χ1n) is 9.86. The predicted molar refractivity (Wildman–Crippen MR) is 115 cm³/mol. The Kier molecular flexibility index (Phi) is 4.74. The van der Waals surface area contributed by atoms with Gasteiger partial charge < -0.3 is 10.4 Å². The number of aromatic hydroxyl groups is 1. The maximum Gasteiger partial charge on any atom is 0.125 e. The van der Waals surface area contributed by atoms with Crippen LogP contribution in [0.25, 0.3) is 28.5 Å². The second-order valence-electron chi connectivity index (χ2n) is 9.11. The first-order valence-corrected chi connectivity index (χ1v) is 9.86. The van der Waals surface area contributed by atoms with Gasteiger partial charge in [-0.25, -0.2) is 0 Å². The van der Waals surface area contributed by atoms with Gasteiger partial charge in [-0.05, 0) is 76.4 Å². The molecule has 150 valence electrons. The maximum absolute atomic E-state index is 10.5. The van der Waals surface area contributed by atoms with Gasteiger partial charge in [0.05, 0.1) is 17.6 Å². The van der Waals surface area contributed by atoms with E-state index in [2.05, 4.69) is 59.5 Å². The van der Waals surface area contributed by atoms with Crippen molar-refractivity contribution in [3.63, 3.8) is 0 Å². The molecule has 1 saturated heterocycles. The quantitative estimate of drug-likeness (QED) is 0.611. The van der Waals surface area contributed by atoms with Crippen molar-refractivity contribution in [2.45, 2.75) is 51.6 Å². The summed E-state index contributed by atoms with van der Waals surface area (Å²) in [5.74, 6) is 0.172. The van der Waals surface area contributed by atoms with Crippen LogP contribution in [-0.4, -0.2) is 36.6 Å². The molecule has 0 saturated carbocycles. The van der Waals surface area contributed by atoms with E-state index in [4.69, 9.17) is 0 Å². The molecular weight excluding hydrogens is 362 g/mol. The fourth-order valence-electron chi connectivity index (χ4n) is 4.41. The molecule has 0 atom stereocenters. The number of rotatable bonds is 3. The van der Waals surface area contributed by atoms with Crippen molar-refractivity contribution >= 4 is 6.08 Å². The third-order valence-corrected chi connectivity index (χ3v) is 5.16. The molecular formula is C23H27N5O. The number of hydrogen-bond acceptors (Lipinski definition) is 5. The van der Waals surface area contributed by atoms with Crippen molar-refractivity contribution in [3.05, 3.63) is 54.0 Å². The summed E-state index contributed by atoms with van der Waals surface area (Å²) in [5, 5.41) is 29.6. The van der Waals surface area contributed by atoms with Crippen LogP contribution in [0.3, 0.4) is 0 Å². The third-order valence-electron chi connectivity index (χ3n) is 5.16. The fraction of sp³-hybridized carbons (Fsp3) is 0.348. The summed E-state index contributed by atoms with van der Waals surface area (Å²) in [5.41, 5.74) is 5.45. The lowest BCUT2D eigenvalue weighted by Gasteiger charge is -2.44. The van der Waals surface area contributed by atoms with E-state index in [0.29, 0.717) is 11.3 Å². The third kappa shape index (κ3) is 4.38. The molecule has 6 heteroatoms. The van der Waals surface area contributed by atoms with Crippen LogP contribution in [0.1, 0.15) is 46.2 Å². The summed E-state index contributed by atoms with van der Waals surface area (Å²) in [6, 6.07) is 9.38. The lowest BCUT2D eigenvalue weighted by Crippen LogP contribution is -2.55. The van der Waals surface area contributed by atoms with Gasteiger partial charge in [0.15, 0.2) is 0 Å². The van der Waals surface area contributed by atoms with Crippen LogP contribution < -0.4 is 5.32 Å². The van der Waals surface area contributed by atoms with Crippen molar-refractivity contribution in [2.75, 3.05) is 0 Å². The molecule has 6 nitrogen and oxygen atoms in total. The standard InChI is InChI=1S/C23H27N5O/c1-22(2)11-15(12-23(3,4)28-22)9-18-6-8-20(27-26-18)19-7-5-16(10-21(19)29)17-13-24-25-14-17/h5-10,13-14,28-29H,11-12H2,1-4H3,(H,24,25). The van der Waals surface area contributed by atoms with Crippen LogP contribution in [0.4, 0.5) is 0 Å². The number of piperidine rings is 1. The number of nitrogens with zero attached hydrogens (tertiary/aromatic N) is 3. The monoisotopic (exact) mass is 389 g/mol. The van der Waals surface area contributed by atoms with Crippen molar-refractivity contribution in [3.8, 4) is 28.1 Å². The Hall–Kier alpha value is -2.99. The highest BCUT2D eigenvalue weighted by Gasteiger charge is 2.34. The van der Waals surface area contributed by atoms with E-state index in [9.17, 15) is 5.11 Å². The van der Waals surface area contributed by atoms with Crippen molar-refractivity contribution in [2.24, 2.45) is 0 Å². The van der Waals surface area contributed by atoms with Crippen molar-refractivity contribution in [1.29, 1.82) is 0 Å². The Morgan fingerprint density at radius 2 is 1.72 bits per heavy atom. The zero-order valence-electron chi connectivity index (χ0n) is 17.3. The average molecular weight is 390 g/mol. The lowest BCUT2D eigenvalue weighted by molar-refractivity contribution is 0.224. The van der Waals surface area contributed by atoms with Crippen molar-refractivity contribution in [1.82, 2.24) is 25.7 Å². The van der Waals surface area contributed by atoms with Crippen molar-refractivity contribution < 1.29 is 5.11 Å². The molecule has 1 aliphatic heterocycles. The van der Waals surface area contributed by atoms with E-state index in [1.807, 2.05) is 24.3 Å². The molecule has 0 bridgehead atoms. The average Bonchev–Trinajstić information content (AvgIpc) is 3.14. The number of phenolic OH excluding ortho intramolecular Hbond substituents is 1. The molecule has 0 spiro atoms. The summed E-state index contributed by atoms with van der Waals surface area (Å²) in [4.78, 5) is 0. The van der Waals surface area contributed by atoms with E-state index in [-0.39, 0.29) is 16.8 Å². The molecule has 0 amide bonds. The zero-order valence-corrected chi connectivity index (χ0v) is 17.3. The van der Waals surface area contributed by atoms with E-state index in [0.717, 1.165) is 29.7 Å². The van der Waals surface area contributed by atoms with Crippen LogP contribution in [0, 0.1) is 0 Å². The molecule has 1 aromatic carbocycles. The predicted octanol–water partition coefficient (Wildman–Crippen LogP) is 4.56. The second kappa shape index (κ2) is 7.12. The maximum atomic E-state index is 10.5. The van der Waals surface area contributed by atoms with E-state index in [1.165, 1.54) is 5.57 Å². The number of H-pyrrole nitrogens is 1. The normalized spacial score (nSPS) is 17.9. The molecule has 0 aliphatic carbocycles. The Morgan fingerprint density at radius 1 is 0.966 bits per heavy atom. The van der Waals surface area contributed by atoms with Gasteiger partial charge in [-0.1, -0.05) is 11.6 Å². The smallest absolute Gasteiger partial charge is 0.125 e. The molecule has 3 heterocycles. The number of aromatic nitrogens is 4. The summed E-state index contributed by atoms with van der Waals surface area (Å²) in [6.07, 6.45) is 7.62. The highest BCUT2D eigenvalue weighted by atomic mass is 16.3. The largest absolute Gasteiger partial charge is 0.507 e. The zero-order chi connectivity index (χ0) is 20.6. The first-order chi connectivity index (χ1) is 13.7. The number of aromatic amines is 1. The van der Waals surface area contributed by atoms with Crippen LogP contribution in [0.5, 0.6) is 5.75 Å². The molecule has 2 aromatic heterocycles. The number of hydrogen-bond donors (Lipinski definition) is 3. The Morgan fingerprint density at radius 3 is 2.31 bits per heavy atom. The molecule has 4 rings (SSSR count). The first kappa shape index (κ1) is 19.3. The summed E-state index contributed by atoms with van der Waals surface area (Å²) < 4.78 is 0. The molecule has 1 fully saturated rings. The number of benzene rings is 1. The van der Waals surface area contributed by atoms with Crippen LogP contribution in [0.15, 0.2) is 48.3 Å². The van der Waals surface area contributed by atoms with Crippen LogP contribution in [-0.2, 0) is 0 Å². The Bertz CT molecular complexity index is 1020. The summed E-state index contributed by atoms with van der Waals surface area (Å²) in [7, 11) is 0. The van der Waals surface area contributed by atoms with Gasteiger partial charge in [-0.2, -0.15) is 10.2 Å². The van der Waals surface area contributed by atoms with Gasteiger partial charge in [-0.15, -0.1) is 5.10 Å². The number of phenols is 1. The molecule has 1 aliphatic rings. The Labute approximate surface area is 171 Å². The Balaban J connectivity index is 1.57. The molecule has 3 N–H and O–H groups in total. The summed E-state index contributed by atoms with van der Waals surface area (Å²) in [6.45, 7) is 8.91.